The third-order valence-corrected chi connectivity index (χ3v) is 10.4. The van der Waals surface area contributed by atoms with E-state index in [1.165, 1.54) is 14.2 Å². The molecule has 0 radical (unpaired) electrons. The molecule has 2 aromatic heterocycles. The number of hydrogen-bond donors (Lipinski definition) is 4. The van der Waals surface area contributed by atoms with Crippen molar-refractivity contribution in [1.29, 1.82) is 0 Å². The minimum atomic E-state index is -0.687. The minimum Gasteiger partial charge on any atom is -0.453 e. The van der Waals surface area contributed by atoms with Gasteiger partial charge in [0.2, 0.25) is 11.8 Å². The maximum atomic E-state index is 13.5. The lowest BCUT2D eigenvalue weighted by Crippen LogP contribution is -2.51. The number of nitrogens with zero attached hydrogens (tertiary/aromatic N) is 4. The highest BCUT2D eigenvalue weighted by Crippen LogP contribution is 2.35. The zero-order valence-electron chi connectivity index (χ0n) is 31.7. The number of H-pyrrole nitrogens is 2. The Morgan fingerprint density at radius 2 is 0.981 bits per heavy atom. The summed E-state index contributed by atoms with van der Waals surface area (Å²) < 4.78 is 9.50. The highest BCUT2D eigenvalue weighted by atomic mass is 16.5. The fourth-order valence-corrected chi connectivity index (χ4v) is 7.38. The molecule has 2 aromatic carbocycles. The fraction of sp³-hybridized carbons (Fsp3) is 0.450. The first kappa shape index (κ1) is 38.1. The van der Waals surface area contributed by atoms with E-state index in [-0.39, 0.29) is 35.7 Å². The summed E-state index contributed by atoms with van der Waals surface area (Å²) in [6.45, 7) is 8.78. The molecule has 0 saturated carbocycles. The Bertz CT molecular complexity index is 1800. The Morgan fingerprint density at radius 1 is 0.630 bits per heavy atom. The van der Waals surface area contributed by atoms with Crippen LogP contribution in [0.3, 0.4) is 0 Å². The van der Waals surface area contributed by atoms with E-state index in [2.05, 4.69) is 54.8 Å². The first-order chi connectivity index (χ1) is 26.0. The van der Waals surface area contributed by atoms with Crippen LogP contribution in [0.5, 0.6) is 0 Å². The van der Waals surface area contributed by atoms with Gasteiger partial charge in [-0.15, -0.1) is 0 Å². The Morgan fingerprint density at radius 3 is 1.31 bits per heavy atom. The first-order valence-electron chi connectivity index (χ1n) is 18.6. The molecule has 4 N–H and O–H groups in total. The van der Waals surface area contributed by atoms with Crippen molar-refractivity contribution in [2.24, 2.45) is 11.8 Å². The number of hydrogen-bond acceptors (Lipinski definition) is 8. The molecule has 4 amide bonds. The molecule has 286 valence electrons. The topological polar surface area (TPSA) is 175 Å². The summed E-state index contributed by atoms with van der Waals surface area (Å²) in [4.78, 5) is 70.7. The van der Waals surface area contributed by atoms with Gasteiger partial charge in [0.05, 0.1) is 50.1 Å². The van der Waals surface area contributed by atoms with Crippen molar-refractivity contribution in [2.75, 3.05) is 27.3 Å². The van der Waals surface area contributed by atoms with E-state index >= 15 is 0 Å². The van der Waals surface area contributed by atoms with Crippen LogP contribution in [0.25, 0.3) is 33.6 Å². The lowest BCUT2D eigenvalue weighted by molar-refractivity contribution is -0.136. The fourth-order valence-electron chi connectivity index (χ4n) is 7.38. The smallest absolute Gasteiger partial charge is 0.407 e. The van der Waals surface area contributed by atoms with Crippen LogP contribution in [-0.2, 0) is 19.1 Å². The molecule has 14 nitrogen and oxygen atoms in total. The van der Waals surface area contributed by atoms with E-state index in [9.17, 15) is 19.2 Å². The molecule has 2 saturated heterocycles. The van der Waals surface area contributed by atoms with Gasteiger partial charge in [0.25, 0.3) is 0 Å². The second kappa shape index (κ2) is 16.6. The van der Waals surface area contributed by atoms with E-state index < -0.39 is 24.3 Å². The van der Waals surface area contributed by atoms with Gasteiger partial charge in [-0.3, -0.25) is 9.59 Å². The number of likely N-dealkylation sites (tertiary alicyclic amines) is 2. The van der Waals surface area contributed by atoms with Crippen LogP contribution >= 0.6 is 0 Å². The average Bonchev–Trinajstić information content (AvgIpc) is 4.02. The summed E-state index contributed by atoms with van der Waals surface area (Å²) in [6.07, 6.45) is 5.61. The third kappa shape index (κ3) is 8.12. The van der Waals surface area contributed by atoms with E-state index in [0.717, 1.165) is 71.0 Å². The Kier molecular flexibility index (Phi) is 11.7. The van der Waals surface area contributed by atoms with Gasteiger partial charge >= 0.3 is 12.2 Å². The molecule has 4 heterocycles. The molecule has 2 aliphatic heterocycles. The average molecular weight is 739 g/mol. The van der Waals surface area contributed by atoms with Crippen LogP contribution in [0, 0.1) is 11.8 Å². The molecule has 2 fully saturated rings. The standard InChI is InChI=1S/C40H50N8O6/c1-23(2)33(45-39(51)53-5)37(49)47-19-7-9-31(47)35-41-21-29(43-35)27-15-11-25(12-16-27)26-13-17-28(18-14-26)30-22-42-36(44-30)32-10-8-20-48(32)38(50)34(24(3)4)46-40(52)54-6/h11-18,21-24,31-34H,7-10,19-20H2,1-6H3,(H,41,43)(H,42,44)(H,45,51)(H,46,52)/t31?,32?,33-,34-/m0/s1. The molecule has 54 heavy (non-hydrogen) atoms. The predicted octanol–water partition coefficient (Wildman–Crippen LogP) is 6.22. The summed E-state index contributed by atoms with van der Waals surface area (Å²) in [5, 5.41) is 5.38. The molecule has 4 aromatic rings. The summed E-state index contributed by atoms with van der Waals surface area (Å²) >= 11 is 0. The molecule has 0 bridgehead atoms. The number of benzene rings is 2. The quantitative estimate of drug-likeness (QED) is 0.140. The SMILES string of the molecule is COC(=O)N[C@H](C(=O)N1CCCC1c1ncc(-c2ccc(-c3ccc(-c4cnc(C5CCCN5C(=O)[C@@H](NC(=O)OC)C(C)C)[nH]4)cc3)cc2)[nH]1)C(C)C. The number of aromatic amines is 2. The largest absolute Gasteiger partial charge is 0.453 e. The van der Waals surface area contributed by atoms with Crippen molar-refractivity contribution in [3.05, 3.63) is 72.6 Å². The van der Waals surface area contributed by atoms with Gasteiger partial charge < -0.3 is 39.9 Å². The third-order valence-electron chi connectivity index (χ3n) is 10.4. The maximum absolute atomic E-state index is 13.5. The van der Waals surface area contributed by atoms with E-state index in [4.69, 9.17) is 9.47 Å². The number of aromatic nitrogens is 4. The summed E-state index contributed by atoms with van der Waals surface area (Å²) in [7, 11) is 2.58. The first-order valence-corrected chi connectivity index (χ1v) is 18.6. The van der Waals surface area contributed by atoms with E-state index in [0.29, 0.717) is 13.1 Å². The molecule has 0 aliphatic carbocycles. The van der Waals surface area contributed by atoms with Crippen LogP contribution in [0.4, 0.5) is 9.59 Å². The highest BCUT2D eigenvalue weighted by molar-refractivity contribution is 5.87. The van der Waals surface area contributed by atoms with Crippen molar-refractivity contribution in [3.8, 4) is 33.6 Å². The number of carbonyl (C=O) groups excluding carboxylic acids is 4. The zero-order valence-corrected chi connectivity index (χ0v) is 31.7. The van der Waals surface area contributed by atoms with E-state index in [1.807, 2.05) is 52.0 Å². The number of rotatable bonds is 11. The van der Waals surface area contributed by atoms with Gasteiger partial charge in [0.15, 0.2) is 0 Å². The van der Waals surface area contributed by atoms with Gasteiger partial charge in [-0.2, -0.15) is 0 Å². The van der Waals surface area contributed by atoms with Gasteiger partial charge in [-0.1, -0.05) is 76.2 Å². The molecule has 14 heteroatoms. The number of alkyl carbamates (subject to hydrolysis) is 2. The van der Waals surface area contributed by atoms with E-state index in [1.54, 1.807) is 22.2 Å². The molecule has 2 unspecified atom stereocenters. The summed E-state index contributed by atoms with van der Waals surface area (Å²) in [5.74, 6) is 0.955. The monoisotopic (exact) mass is 738 g/mol. The number of ether oxygens (including phenoxy) is 2. The molecular formula is C40H50N8O6. The van der Waals surface area contributed by atoms with Crippen LogP contribution in [-0.4, -0.2) is 93.1 Å². The summed E-state index contributed by atoms with van der Waals surface area (Å²) in [6, 6.07) is 14.7. The highest BCUT2D eigenvalue weighted by Gasteiger charge is 2.39. The van der Waals surface area contributed by atoms with Crippen LogP contribution in [0.15, 0.2) is 60.9 Å². The van der Waals surface area contributed by atoms with Crippen LogP contribution in [0.2, 0.25) is 0 Å². The molecule has 4 atom stereocenters. The van der Waals surface area contributed by atoms with Crippen molar-refractivity contribution in [2.45, 2.75) is 77.5 Å². The Balaban J connectivity index is 1.11. The number of amides is 4. The van der Waals surface area contributed by atoms with Crippen molar-refractivity contribution >= 4 is 24.0 Å². The number of nitrogens with one attached hydrogen (secondary N) is 4. The van der Waals surface area contributed by atoms with Crippen LogP contribution in [0.1, 0.15) is 77.1 Å². The van der Waals surface area contributed by atoms with Crippen molar-refractivity contribution in [3.63, 3.8) is 0 Å². The maximum Gasteiger partial charge on any atom is 0.407 e. The van der Waals surface area contributed by atoms with Crippen LogP contribution < -0.4 is 10.6 Å². The Hall–Kier alpha value is -5.66. The minimum absolute atomic E-state index is 0.104. The molecule has 0 spiro atoms. The second-order valence-electron chi connectivity index (χ2n) is 14.6. The normalized spacial score (nSPS) is 18.1. The zero-order chi connectivity index (χ0) is 38.5. The summed E-state index contributed by atoms with van der Waals surface area (Å²) in [5.41, 5.74) is 5.78. The second-order valence-corrected chi connectivity index (χ2v) is 14.6. The number of carbonyl (C=O) groups is 4. The predicted molar refractivity (Wildman–Crippen MR) is 203 cm³/mol. The van der Waals surface area contributed by atoms with Gasteiger partial charge in [-0.25, -0.2) is 19.6 Å². The molecule has 6 rings (SSSR count). The van der Waals surface area contributed by atoms with Gasteiger partial charge in [0, 0.05) is 13.1 Å². The van der Waals surface area contributed by atoms with Gasteiger partial charge in [-0.05, 0) is 59.8 Å². The van der Waals surface area contributed by atoms with Crippen molar-refractivity contribution < 1.29 is 28.7 Å². The molecule has 2 aliphatic rings. The lowest BCUT2D eigenvalue weighted by Gasteiger charge is -2.30. The Labute approximate surface area is 315 Å². The lowest BCUT2D eigenvalue weighted by atomic mass is 10.0. The van der Waals surface area contributed by atoms with Gasteiger partial charge in [0.1, 0.15) is 23.7 Å². The van der Waals surface area contributed by atoms with Crippen molar-refractivity contribution in [1.82, 2.24) is 40.4 Å². The molecular weight excluding hydrogens is 688 g/mol. The number of imidazole rings is 2. The number of methoxy groups -OCH3 is 2.